The second-order valence-corrected chi connectivity index (χ2v) is 8.97. The number of nitrogens with one attached hydrogen (secondary N) is 3. The number of aromatic amines is 1. The van der Waals surface area contributed by atoms with Gasteiger partial charge in [0.15, 0.2) is 0 Å². The molecule has 0 radical (unpaired) electrons. The lowest BCUT2D eigenvalue weighted by atomic mass is 9.97. The molecular weight excluding hydrogens is 390 g/mol. The summed E-state index contributed by atoms with van der Waals surface area (Å²) >= 11 is 0. The zero-order valence-electron chi connectivity index (χ0n) is 18.0. The molecule has 0 saturated carbocycles. The van der Waals surface area contributed by atoms with Crippen molar-refractivity contribution in [3.8, 4) is 0 Å². The lowest BCUT2D eigenvalue weighted by Crippen LogP contribution is -2.26. The van der Waals surface area contributed by atoms with Crippen molar-refractivity contribution in [1.29, 1.82) is 0 Å². The Kier molecular flexibility index (Phi) is 5.61. The van der Waals surface area contributed by atoms with Gasteiger partial charge in [-0.05, 0) is 40.6 Å². The first-order chi connectivity index (χ1) is 14.8. The number of amides is 1. The number of benzene rings is 1. The van der Waals surface area contributed by atoms with Gasteiger partial charge in [0, 0.05) is 43.1 Å². The molecule has 3 heterocycles. The fourth-order valence-corrected chi connectivity index (χ4v) is 3.45. The topological polar surface area (TPSA) is 91.3 Å². The maximum absolute atomic E-state index is 12.5. The molecule has 31 heavy (non-hydrogen) atoms. The quantitative estimate of drug-likeness (QED) is 0.449. The van der Waals surface area contributed by atoms with E-state index in [2.05, 4.69) is 47.4 Å². The number of aromatic nitrogens is 3. The zero-order chi connectivity index (χ0) is 22.0. The Hall–Kier alpha value is -3.45. The van der Waals surface area contributed by atoms with Crippen molar-refractivity contribution in [2.75, 3.05) is 6.54 Å². The lowest BCUT2D eigenvalue weighted by molar-refractivity contribution is 0.0946. The molecule has 7 heteroatoms. The van der Waals surface area contributed by atoms with Crippen LogP contribution in [0.1, 0.15) is 42.5 Å². The van der Waals surface area contributed by atoms with Crippen LogP contribution in [0.25, 0.3) is 16.6 Å². The van der Waals surface area contributed by atoms with Crippen molar-refractivity contribution < 1.29 is 4.79 Å². The van der Waals surface area contributed by atoms with Gasteiger partial charge in [0.2, 0.25) is 0 Å². The molecule has 0 saturated heterocycles. The number of H-pyrrole nitrogens is 1. The SMILES string of the molecule is CC(C)(C)CNCc1cc2ccc(CNC(=O)c3cc(=O)n4ccccc4n3)cc2[nH]1. The summed E-state index contributed by atoms with van der Waals surface area (Å²) in [5, 5.41) is 7.46. The van der Waals surface area contributed by atoms with Crippen LogP contribution in [-0.4, -0.2) is 26.8 Å². The number of fused-ring (bicyclic) bond motifs is 2. The van der Waals surface area contributed by atoms with Crippen LogP contribution in [0.15, 0.2) is 59.5 Å². The number of nitrogens with zero attached hydrogens (tertiary/aromatic N) is 2. The van der Waals surface area contributed by atoms with Gasteiger partial charge in [0.25, 0.3) is 11.5 Å². The van der Waals surface area contributed by atoms with Crippen LogP contribution in [0.2, 0.25) is 0 Å². The summed E-state index contributed by atoms with van der Waals surface area (Å²) in [6, 6.07) is 14.7. The van der Waals surface area contributed by atoms with E-state index in [9.17, 15) is 9.59 Å². The molecule has 1 amide bonds. The average molecular weight is 418 g/mol. The summed E-state index contributed by atoms with van der Waals surface area (Å²) in [5.41, 5.74) is 3.64. The van der Waals surface area contributed by atoms with Crippen molar-refractivity contribution in [2.45, 2.75) is 33.9 Å². The molecule has 4 rings (SSSR count). The summed E-state index contributed by atoms with van der Waals surface area (Å²) < 4.78 is 1.41. The molecule has 0 unspecified atom stereocenters. The Morgan fingerprint density at radius 1 is 1.10 bits per heavy atom. The van der Waals surface area contributed by atoms with Crippen LogP contribution in [0.5, 0.6) is 0 Å². The minimum absolute atomic E-state index is 0.115. The van der Waals surface area contributed by atoms with Crippen LogP contribution in [-0.2, 0) is 13.1 Å². The van der Waals surface area contributed by atoms with Gasteiger partial charge in [-0.2, -0.15) is 0 Å². The number of rotatable bonds is 6. The summed E-state index contributed by atoms with van der Waals surface area (Å²) in [6.07, 6.45) is 1.63. The normalized spacial score (nSPS) is 11.8. The first kappa shape index (κ1) is 20.8. The van der Waals surface area contributed by atoms with Crippen LogP contribution < -0.4 is 16.2 Å². The fraction of sp³-hybridized carbons (Fsp3) is 0.292. The molecule has 160 valence electrons. The number of hydrogen-bond donors (Lipinski definition) is 3. The largest absolute Gasteiger partial charge is 0.357 e. The van der Waals surface area contributed by atoms with E-state index in [1.807, 2.05) is 18.2 Å². The Labute approximate surface area is 180 Å². The van der Waals surface area contributed by atoms with Gasteiger partial charge in [-0.3, -0.25) is 14.0 Å². The highest BCUT2D eigenvalue weighted by atomic mass is 16.2. The Bertz CT molecular complexity index is 1300. The molecule has 0 atom stereocenters. The standard InChI is InChI=1S/C24H27N5O2/c1-24(2,3)15-25-14-18-11-17-8-7-16(10-19(17)27-18)13-26-23(31)20-12-22(30)29-9-5-4-6-21(29)28-20/h4-12,25,27H,13-15H2,1-3H3,(H,26,31). The third kappa shape index (κ3) is 5.00. The van der Waals surface area contributed by atoms with Gasteiger partial charge in [-0.15, -0.1) is 0 Å². The first-order valence-electron chi connectivity index (χ1n) is 10.4. The highest BCUT2D eigenvalue weighted by Crippen LogP contribution is 2.18. The third-order valence-corrected chi connectivity index (χ3v) is 4.97. The number of carbonyl (C=O) groups is 1. The molecule has 0 spiro atoms. The third-order valence-electron chi connectivity index (χ3n) is 4.97. The van der Waals surface area contributed by atoms with Crippen molar-refractivity contribution >= 4 is 22.5 Å². The average Bonchev–Trinajstić information content (AvgIpc) is 3.13. The second-order valence-electron chi connectivity index (χ2n) is 8.97. The van der Waals surface area contributed by atoms with Gasteiger partial charge in [0.05, 0.1) is 0 Å². The summed E-state index contributed by atoms with van der Waals surface area (Å²) in [7, 11) is 0. The van der Waals surface area contributed by atoms with Crippen LogP contribution in [0, 0.1) is 5.41 Å². The van der Waals surface area contributed by atoms with E-state index in [0.29, 0.717) is 12.2 Å². The van der Waals surface area contributed by atoms with Gasteiger partial charge in [-0.1, -0.05) is 39.0 Å². The summed E-state index contributed by atoms with van der Waals surface area (Å²) in [5.74, 6) is -0.373. The smallest absolute Gasteiger partial charge is 0.270 e. The first-order valence-corrected chi connectivity index (χ1v) is 10.4. The Balaban J connectivity index is 1.43. The predicted octanol–water partition coefficient (Wildman–Crippen LogP) is 3.24. The van der Waals surface area contributed by atoms with Crippen molar-refractivity contribution in [2.24, 2.45) is 5.41 Å². The van der Waals surface area contributed by atoms with Crippen LogP contribution in [0.4, 0.5) is 0 Å². The summed E-state index contributed by atoms with van der Waals surface area (Å²) in [4.78, 5) is 32.5. The van der Waals surface area contributed by atoms with Crippen molar-refractivity contribution in [3.05, 3.63) is 82.0 Å². The Morgan fingerprint density at radius 3 is 2.74 bits per heavy atom. The van der Waals surface area contributed by atoms with E-state index in [-0.39, 0.29) is 22.6 Å². The molecule has 3 aromatic heterocycles. The van der Waals surface area contributed by atoms with E-state index < -0.39 is 0 Å². The number of hydrogen-bond acceptors (Lipinski definition) is 4. The molecule has 0 aliphatic rings. The van der Waals surface area contributed by atoms with E-state index in [1.54, 1.807) is 24.4 Å². The van der Waals surface area contributed by atoms with E-state index in [1.165, 1.54) is 10.5 Å². The van der Waals surface area contributed by atoms with E-state index >= 15 is 0 Å². The minimum atomic E-state index is -0.373. The van der Waals surface area contributed by atoms with Gasteiger partial charge >= 0.3 is 0 Å². The maximum atomic E-state index is 12.5. The zero-order valence-corrected chi connectivity index (χ0v) is 18.0. The molecular formula is C24H27N5O2. The number of carbonyl (C=O) groups excluding carboxylic acids is 1. The Morgan fingerprint density at radius 2 is 1.94 bits per heavy atom. The van der Waals surface area contributed by atoms with Crippen LogP contribution in [0.3, 0.4) is 0 Å². The summed E-state index contributed by atoms with van der Waals surface area (Å²) in [6.45, 7) is 8.68. The molecule has 0 aliphatic heterocycles. The predicted molar refractivity (Wildman–Crippen MR) is 122 cm³/mol. The highest BCUT2D eigenvalue weighted by Gasteiger charge is 2.12. The van der Waals surface area contributed by atoms with Gasteiger partial charge < -0.3 is 15.6 Å². The van der Waals surface area contributed by atoms with Crippen molar-refractivity contribution in [1.82, 2.24) is 25.0 Å². The fourth-order valence-electron chi connectivity index (χ4n) is 3.45. The molecule has 3 N–H and O–H groups in total. The molecule has 1 aromatic carbocycles. The molecule has 0 aliphatic carbocycles. The van der Waals surface area contributed by atoms with E-state index in [4.69, 9.17) is 0 Å². The molecule has 7 nitrogen and oxygen atoms in total. The van der Waals surface area contributed by atoms with Crippen LogP contribution >= 0.6 is 0 Å². The van der Waals surface area contributed by atoms with Crippen molar-refractivity contribution in [3.63, 3.8) is 0 Å². The molecule has 0 bridgehead atoms. The minimum Gasteiger partial charge on any atom is -0.357 e. The van der Waals surface area contributed by atoms with Gasteiger partial charge in [-0.25, -0.2) is 4.98 Å². The van der Waals surface area contributed by atoms with E-state index in [0.717, 1.165) is 35.2 Å². The number of pyridine rings is 1. The van der Waals surface area contributed by atoms with Gasteiger partial charge in [0.1, 0.15) is 11.3 Å². The second kappa shape index (κ2) is 8.35. The monoisotopic (exact) mass is 417 g/mol. The lowest BCUT2D eigenvalue weighted by Gasteiger charge is -2.18. The maximum Gasteiger partial charge on any atom is 0.270 e. The molecule has 4 aromatic rings. The highest BCUT2D eigenvalue weighted by molar-refractivity contribution is 5.92. The molecule has 0 fully saturated rings.